The highest BCUT2D eigenvalue weighted by atomic mass is 16.6. The second-order valence-corrected chi connectivity index (χ2v) is 4.32. The predicted octanol–water partition coefficient (Wildman–Crippen LogP) is 2.40. The molecule has 2 aromatic carbocycles. The van der Waals surface area contributed by atoms with Crippen LogP contribution in [0.15, 0.2) is 42.5 Å². The van der Waals surface area contributed by atoms with Gasteiger partial charge in [-0.15, -0.1) is 0 Å². The number of benzene rings is 2. The highest BCUT2D eigenvalue weighted by molar-refractivity contribution is 6.51. The quantitative estimate of drug-likeness (QED) is 0.514. The lowest BCUT2D eigenvalue weighted by Gasteiger charge is -2.04. The molecule has 20 heavy (non-hydrogen) atoms. The predicted molar refractivity (Wildman–Crippen MR) is 71.5 cm³/mol. The molecule has 3 rings (SSSR count). The van der Waals surface area contributed by atoms with E-state index in [4.69, 9.17) is 0 Å². The van der Waals surface area contributed by atoms with Crippen molar-refractivity contribution in [1.29, 1.82) is 0 Å². The van der Waals surface area contributed by atoms with E-state index in [9.17, 15) is 19.7 Å². The van der Waals surface area contributed by atoms with E-state index in [0.29, 0.717) is 16.8 Å². The van der Waals surface area contributed by atoms with Crippen molar-refractivity contribution < 1.29 is 14.5 Å². The number of carbonyl (C=O) groups excluding carboxylic acids is 2. The number of ketones is 1. The number of carbonyl (C=O) groups is 2. The summed E-state index contributed by atoms with van der Waals surface area (Å²) in [5, 5.41) is 13.5. The maximum absolute atomic E-state index is 11.7. The molecule has 0 saturated heterocycles. The maximum Gasteiger partial charge on any atom is 0.296 e. The number of fused-ring (bicyclic) bond motifs is 1. The van der Waals surface area contributed by atoms with Crippen LogP contribution in [0.3, 0.4) is 0 Å². The number of nitrogens with one attached hydrogen (secondary N) is 1. The SMILES string of the molecule is O=C1Nc2ccc(-c3ccccc3[N+](=O)[O-])cc2C1=O. The summed E-state index contributed by atoms with van der Waals surface area (Å²) in [6.07, 6.45) is 0. The number of hydrogen-bond donors (Lipinski definition) is 1. The lowest BCUT2D eigenvalue weighted by atomic mass is 10.00. The summed E-state index contributed by atoms with van der Waals surface area (Å²) in [5.74, 6) is -1.31. The molecule has 0 spiro atoms. The van der Waals surface area contributed by atoms with Gasteiger partial charge in [0.2, 0.25) is 0 Å². The van der Waals surface area contributed by atoms with Crippen molar-refractivity contribution in [2.75, 3.05) is 5.32 Å². The molecule has 0 unspecified atom stereocenters. The number of anilines is 1. The number of nitrogens with zero attached hydrogens (tertiary/aromatic N) is 1. The Labute approximate surface area is 113 Å². The molecular weight excluding hydrogens is 260 g/mol. The second-order valence-electron chi connectivity index (χ2n) is 4.32. The standard InChI is InChI=1S/C14H8N2O4/c17-13-10-7-8(5-6-11(10)15-14(13)18)9-3-1-2-4-12(9)16(19)20/h1-7H,(H,15,17,18). The molecule has 6 nitrogen and oxygen atoms in total. The number of nitro benzene ring substituents is 1. The topological polar surface area (TPSA) is 89.3 Å². The van der Waals surface area contributed by atoms with Crippen LogP contribution in [0.5, 0.6) is 0 Å². The van der Waals surface area contributed by atoms with E-state index in [1.807, 2.05) is 0 Å². The van der Waals surface area contributed by atoms with Gasteiger partial charge in [0.15, 0.2) is 0 Å². The van der Waals surface area contributed by atoms with Crippen molar-refractivity contribution >= 4 is 23.1 Å². The average Bonchev–Trinajstić information content (AvgIpc) is 2.74. The smallest absolute Gasteiger partial charge is 0.296 e. The maximum atomic E-state index is 11.7. The van der Waals surface area contributed by atoms with Crippen LogP contribution in [0.1, 0.15) is 10.4 Å². The molecule has 98 valence electrons. The first-order valence-corrected chi connectivity index (χ1v) is 5.81. The highest BCUT2D eigenvalue weighted by Crippen LogP contribution is 2.33. The molecule has 6 heteroatoms. The van der Waals surface area contributed by atoms with Crippen LogP contribution in [-0.4, -0.2) is 16.6 Å². The van der Waals surface area contributed by atoms with E-state index >= 15 is 0 Å². The van der Waals surface area contributed by atoms with E-state index in [1.54, 1.807) is 30.3 Å². The molecule has 0 saturated carbocycles. The van der Waals surface area contributed by atoms with Gasteiger partial charge in [0.05, 0.1) is 21.7 Å². The molecular formula is C14H8N2O4. The van der Waals surface area contributed by atoms with Crippen LogP contribution in [0.2, 0.25) is 0 Å². The minimum absolute atomic E-state index is 0.0443. The van der Waals surface area contributed by atoms with Crippen LogP contribution in [0, 0.1) is 10.1 Å². The van der Waals surface area contributed by atoms with Crippen molar-refractivity contribution in [3.8, 4) is 11.1 Å². The normalized spacial score (nSPS) is 13.0. The van der Waals surface area contributed by atoms with E-state index in [1.165, 1.54) is 12.1 Å². The van der Waals surface area contributed by atoms with Crippen molar-refractivity contribution in [2.24, 2.45) is 0 Å². The zero-order chi connectivity index (χ0) is 14.3. The number of Topliss-reactive ketones (excluding diaryl/α,β-unsaturated/α-hetero) is 1. The first-order valence-electron chi connectivity index (χ1n) is 5.81. The van der Waals surface area contributed by atoms with Crippen molar-refractivity contribution in [1.82, 2.24) is 0 Å². The summed E-state index contributed by atoms with van der Waals surface area (Å²) >= 11 is 0. The Balaban J connectivity index is 2.16. The van der Waals surface area contributed by atoms with Gasteiger partial charge in [-0.3, -0.25) is 19.7 Å². The van der Waals surface area contributed by atoms with Crippen molar-refractivity contribution in [2.45, 2.75) is 0 Å². The molecule has 1 amide bonds. The lowest BCUT2D eigenvalue weighted by Crippen LogP contribution is -2.12. The van der Waals surface area contributed by atoms with Crippen LogP contribution >= 0.6 is 0 Å². The fraction of sp³-hybridized carbons (Fsp3) is 0. The highest BCUT2D eigenvalue weighted by Gasteiger charge is 2.28. The molecule has 0 atom stereocenters. The molecule has 1 aliphatic heterocycles. The number of para-hydroxylation sites is 1. The number of amides is 1. The Morgan fingerprint density at radius 2 is 1.75 bits per heavy atom. The average molecular weight is 268 g/mol. The zero-order valence-electron chi connectivity index (χ0n) is 10.1. The van der Waals surface area contributed by atoms with E-state index in [0.717, 1.165) is 0 Å². The lowest BCUT2D eigenvalue weighted by molar-refractivity contribution is -0.384. The first-order chi connectivity index (χ1) is 9.58. The summed E-state index contributed by atoms with van der Waals surface area (Å²) in [4.78, 5) is 33.5. The third-order valence-electron chi connectivity index (χ3n) is 3.13. The summed E-state index contributed by atoms with van der Waals surface area (Å²) in [7, 11) is 0. The van der Waals surface area contributed by atoms with Gasteiger partial charge in [-0.1, -0.05) is 18.2 Å². The fourth-order valence-corrected chi connectivity index (χ4v) is 2.19. The van der Waals surface area contributed by atoms with Crippen molar-refractivity contribution in [3.63, 3.8) is 0 Å². The molecule has 0 radical (unpaired) electrons. The molecule has 2 aromatic rings. The number of nitro groups is 1. The minimum Gasteiger partial charge on any atom is -0.318 e. The van der Waals surface area contributed by atoms with Crippen LogP contribution in [0.25, 0.3) is 11.1 Å². The largest absolute Gasteiger partial charge is 0.318 e. The zero-order valence-corrected chi connectivity index (χ0v) is 10.1. The Morgan fingerprint density at radius 3 is 2.50 bits per heavy atom. The second kappa shape index (κ2) is 4.27. The number of rotatable bonds is 2. The first kappa shape index (κ1) is 12.0. The Bertz CT molecular complexity index is 768. The molecule has 0 bridgehead atoms. The Hall–Kier alpha value is -3.02. The van der Waals surface area contributed by atoms with E-state index < -0.39 is 16.6 Å². The van der Waals surface area contributed by atoms with Gasteiger partial charge in [0.25, 0.3) is 17.4 Å². The number of hydrogen-bond acceptors (Lipinski definition) is 4. The molecule has 1 aliphatic rings. The van der Waals surface area contributed by atoms with Gasteiger partial charge >= 0.3 is 0 Å². The van der Waals surface area contributed by atoms with Gasteiger partial charge in [-0.2, -0.15) is 0 Å². The molecule has 0 aliphatic carbocycles. The van der Waals surface area contributed by atoms with Crippen molar-refractivity contribution in [3.05, 3.63) is 58.1 Å². The van der Waals surface area contributed by atoms with Gasteiger partial charge in [0, 0.05) is 6.07 Å². The van der Waals surface area contributed by atoms with Crippen LogP contribution < -0.4 is 5.32 Å². The van der Waals surface area contributed by atoms with Gasteiger partial charge in [-0.05, 0) is 23.8 Å². The molecule has 0 aromatic heterocycles. The molecule has 1 heterocycles. The fourth-order valence-electron chi connectivity index (χ4n) is 2.19. The minimum atomic E-state index is -0.681. The van der Waals surface area contributed by atoms with Crippen LogP contribution in [-0.2, 0) is 4.79 Å². The summed E-state index contributed by atoms with van der Waals surface area (Å²) in [6, 6.07) is 11.0. The Morgan fingerprint density at radius 1 is 1.00 bits per heavy atom. The molecule has 0 fully saturated rings. The Kier molecular flexibility index (Phi) is 2.57. The van der Waals surface area contributed by atoms with Gasteiger partial charge in [-0.25, -0.2) is 0 Å². The third-order valence-corrected chi connectivity index (χ3v) is 3.13. The molecule has 1 N–H and O–H groups in total. The van der Waals surface area contributed by atoms with Gasteiger partial charge < -0.3 is 5.32 Å². The summed E-state index contributed by atoms with van der Waals surface area (Å²) in [6.45, 7) is 0. The van der Waals surface area contributed by atoms with Crippen LogP contribution in [0.4, 0.5) is 11.4 Å². The summed E-state index contributed by atoms with van der Waals surface area (Å²) < 4.78 is 0. The van der Waals surface area contributed by atoms with E-state index in [-0.39, 0.29) is 11.3 Å². The van der Waals surface area contributed by atoms with Gasteiger partial charge in [0.1, 0.15) is 0 Å². The monoisotopic (exact) mass is 268 g/mol. The summed E-state index contributed by atoms with van der Waals surface area (Å²) in [5.41, 5.74) is 1.57. The van der Waals surface area contributed by atoms with E-state index in [2.05, 4.69) is 5.32 Å². The third kappa shape index (κ3) is 1.74.